The molecule has 0 aliphatic heterocycles. The number of primary amides is 1. The number of thiophene rings is 1. The smallest absolute Gasteiger partial charge is 0.212 e. The number of nitrogens with two attached hydrogens (primary N) is 1. The molecule has 1 aromatic carbocycles. The van der Waals surface area contributed by atoms with Crippen LogP contribution in [0.25, 0.3) is 10.4 Å². The van der Waals surface area contributed by atoms with Crippen LogP contribution in [0.5, 0.6) is 0 Å². The van der Waals surface area contributed by atoms with Gasteiger partial charge in [-0.2, -0.15) is 0 Å². The zero-order valence-electron chi connectivity index (χ0n) is 16.0. The van der Waals surface area contributed by atoms with Crippen molar-refractivity contribution in [3.63, 3.8) is 0 Å². The van der Waals surface area contributed by atoms with Crippen LogP contribution in [-0.4, -0.2) is 12.8 Å². The van der Waals surface area contributed by atoms with Gasteiger partial charge in [-0.05, 0) is 28.5 Å². The SMILES string of the molecule is C=CSC=C.CC.CC.NC=O.O=CNc1ccc(-c2ccccc2)s1. The molecule has 0 radical (unpaired) electrons. The first-order valence-electron chi connectivity index (χ1n) is 8.11. The van der Waals surface area contributed by atoms with Crippen molar-refractivity contribution in [1.29, 1.82) is 0 Å². The molecular weight excluding hydrogens is 364 g/mol. The third kappa shape index (κ3) is 16.5. The Morgan fingerprint density at radius 1 is 0.962 bits per heavy atom. The van der Waals surface area contributed by atoms with Gasteiger partial charge in [-0.3, -0.25) is 9.59 Å². The van der Waals surface area contributed by atoms with E-state index in [1.807, 2.05) is 58.0 Å². The fourth-order valence-electron chi connectivity index (χ4n) is 1.30. The van der Waals surface area contributed by atoms with E-state index in [4.69, 9.17) is 4.79 Å². The standard InChI is InChI=1S/C11H9NOS.C4H6S.2C2H6.CH3NO/c13-8-12-11-7-6-10(14-11)9-4-2-1-3-5-9;1-3-5-4-2;2*1-2;2-1-3/h1-8H,(H,12,13);3-4H,1-2H2;2*1-2H3;1H,(H2,2,3). The van der Waals surface area contributed by atoms with Gasteiger partial charge in [0.05, 0.1) is 5.00 Å². The molecule has 0 atom stereocenters. The number of benzene rings is 1. The minimum absolute atomic E-state index is 0.250. The van der Waals surface area contributed by atoms with Crippen molar-refractivity contribution in [3.05, 3.63) is 66.4 Å². The van der Waals surface area contributed by atoms with E-state index in [2.05, 4.69) is 36.3 Å². The largest absolute Gasteiger partial charge is 0.372 e. The van der Waals surface area contributed by atoms with Gasteiger partial charge in [-0.15, -0.1) is 23.1 Å². The molecule has 0 unspecified atom stereocenters. The fourth-order valence-corrected chi connectivity index (χ4v) is 2.31. The summed E-state index contributed by atoms with van der Waals surface area (Å²) in [6, 6.07) is 14.0. The zero-order chi connectivity index (χ0) is 20.6. The summed E-state index contributed by atoms with van der Waals surface area (Å²) < 4.78 is 0. The van der Waals surface area contributed by atoms with Crippen LogP contribution in [0.2, 0.25) is 0 Å². The Morgan fingerprint density at radius 3 is 1.85 bits per heavy atom. The number of carbonyl (C=O) groups excluding carboxylic acids is 2. The van der Waals surface area contributed by atoms with E-state index >= 15 is 0 Å². The highest BCUT2D eigenvalue weighted by Gasteiger charge is 2.00. The Bertz CT molecular complexity index is 564. The maximum atomic E-state index is 10.2. The van der Waals surface area contributed by atoms with Crippen molar-refractivity contribution in [2.75, 3.05) is 5.32 Å². The van der Waals surface area contributed by atoms with Gasteiger partial charge in [0, 0.05) is 4.88 Å². The predicted molar refractivity (Wildman–Crippen MR) is 120 cm³/mol. The molecule has 26 heavy (non-hydrogen) atoms. The number of rotatable bonds is 5. The number of hydrogen-bond acceptors (Lipinski definition) is 4. The highest BCUT2D eigenvalue weighted by molar-refractivity contribution is 8.04. The number of hydrogen-bond donors (Lipinski definition) is 2. The third-order valence-corrected chi connectivity index (χ3v) is 3.51. The first-order chi connectivity index (χ1) is 12.7. The summed E-state index contributed by atoms with van der Waals surface area (Å²) in [5.74, 6) is 0. The van der Waals surface area contributed by atoms with E-state index in [1.165, 1.54) is 17.3 Å². The average Bonchev–Trinajstić information content (AvgIpc) is 3.17. The number of anilines is 1. The van der Waals surface area contributed by atoms with Gasteiger partial charge in [-0.25, -0.2) is 0 Å². The van der Waals surface area contributed by atoms with Gasteiger partial charge in [0.15, 0.2) is 0 Å². The molecule has 2 aromatic rings. The second-order valence-electron chi connectivity index (χ2n) is 3.40. The van der Waals surface area contributed by atoms with Crippen molar-refractivity contribution in [1.82, 2.24) is 0 Å². The fraction of sp³-hybridized carbons (Fsp3) is 0.200. The van der Waals surface area contributed by atoms with Gasteiger partial charge < -0.3 is 11.1 Å². The van der Waals surface area contributed by atoms with Gasteiger partial charge in [0.1, 0.15) is 0 Å². The molecule has 0 saturated heterocycles. The summed E-state index contributed by atoms with van der Waals surface area (Å²) in [5.41, 5.74) is 5.34. The highest BCUT2D eigenvalue weighted by atomic mass is 32.2. The number of carbonyl (C=O) groups is 2. The molecule has 144 valence electrons. The molecule has 0 saturated carbocycles. The summed E-state index contributed by atoms with van der Waals surface area (Å²) in [7, 11) is 0. The van der Waals surface area contributed by atoms with Crippen molar-refractivity contribution < 1.29 is 9.59 Å². The zero-order valence-corrected chi connectivity index (χ0v) is 17.6. The highest BCUT2D eigenvalue weighted by Crippen LogP contribution is 2.30. The summed E-state index contributed by atoms with van der Waals surface area (Å²) in [6.45, 7) is 14.9. The first kappa shape index (κ1) is 28.5. The maximum Gasteiger partial charge on any atom is 0.212 e. The second-order valence-corrected chi connectivity index (χ2v) is 5.42. The molecule has 1 heterocycles. The van der Waals surface area contributed by atoms with Crippen LogP contribution in [0.15, 0.2) is 66.4 Å². The summed E-state index contributed by atoms with van der Waals surface area (Å²) in [4.78, 5) is 20.0. The van der Waals surface area contributed by atoms with E-state index in [1.54, 1.807) is 22.2 Å². The van der Waals surface area contributed by atoms with Crippen molar-refractivity contribution in [2.45, 2.75) is 27.7 Å². The summed E-state index contributed by atoms with van der Waals surface area (Å²) >= 11 is 3.06. The number of thioether (sulfide) groups is 1. The molecule has 1 aromatic heterocycles. The maximum absolute atomic E-state index is 10.2. The number of amides is 2. The lowest BCUT2D eigenvalue weighted by atomic mass is 10.2. The monoisotopic (exact) mass is 394 g/mol. The van der Waals surface area contributed by atoms with E-state index in [0.717, 1.165) is 9.88 Å². The van der Waals surface area contributed by atoms with Crippen LogP contribution in [0, 0.1) is 0 Å². The van der Waals surface area contributed by atoms with E-state index in [9.17, 15) is 4.79 Å². The molecule has 2 amide bonds. The van der Waals surface area contributed by atoms with Crippen LogP contribution >= 0.6 is 23.1 Å². The minimum Gasteiger partial charge on any atom is -0.372 e. The Hall–Kier alpha value is -2.31. The molecule has 0 bridgehead atoms. The van der Waals surface area contributed by atoms with Crippen molar-refractivity contribution >= 4 is 40.9 Å². The van der Waals surface area contributed by atoms with Crippen LogP contribution < -0.4 is 11.1 Å². The lowest BCUT2D eigenvalue weighted by Crippen LogP contribution is -1.88. The van der Waals surface area contributed by atoms with E-state index in [0.29, 0.717) is 6.41 Å². The normalized spacial score (nSPS) is 7.38. The Labute approximate surface area is 166 Å². The predicted octanol–water partition coefficient (Wildman–Crippen LogP) is 6.14. The van der Waals surface area contributed by atoms with Gasteiger partial charge in [0.2, 0.25) is 12.8 Å². The second kappa shape index (κ2) is 24.9. The topological polar surface area (TPSA) is 72.2 Å². The van der Waals surface area contributed by atoms with Gasteiger partial charge in [-0.1, -0.05) is 71.2 Å². The lowest BCUT2D eigenvalue weighted by Gasteiger charge is -1.94. The van der Waals surface area contributed by atoms with Gasteiger partial charge >= 0.3 is 0 Å². The molecule has 0 aliphatic rings. The molecular formula is C20H30N2O2S2. The van der Waals surface area contributed by atoms with E-state index < -0.39 is 0 Å². The minimum atomic E-state index is 0.250. The quantitative estimate of drug-likeness (QED) is 0.598. The lowest BCUT2D eigenvalue weighted by molar-refractivity contribution is -0.107. The molecule has 0 fully saturated rings. The Morgan fingerprint density at radius 2 is 1.46 bits per heavy atom. The molecule has 0 aliphatic carbocycles. The van der Waals surface area contributed by atoms with Crippen LogP contribution in [0.4, 0.5) is 5.00 Å². The summed E-state index contributed by atoms with van der Waals surface area (Å²) in [5, 5.41) is 6.97. The van der Waals surface area contributed by atoms with E-state index in [-0.39, 0.29) is 6.41 Å². The van der Waals surface area contributed by atoms with Crippen molar-refractivity contribution in [2.24, 2.45) is 5.73 Å². The first-order valence-corrected chi connectivity index (χ1v) is 9.87. The summed E-state index contributed by atoms with van der Waals surface area (Å²) in [6.07, 6.45) is 0.945. The molecule has 2 rings (SSSR count). The van der Waals surface area contributed by atoms with Crippen LogP contribution in [-0.2, 0) is 9.59 Å². The Balaban J connectivity index is -0.000000370. The third-order valence-electron chi connectivity index (χ3n) is 2.06. The average molecular weight is 395 g/mol. The van der Waals surface area contributed by atoms with Gasteiger partial charge in [0.25, 0.3) is 0 Å². The Kier molecular flexibility index (Phi) is 27.3. The molecule has 6 heteroatoms. The molecule has 4 nitrogen and oxygen atoms in total. The van der Waals surface area contributed by atoms with Crippen LogP contribution in [0.3, 0.4) is 0 Å². The van der Waals surface area contributed by atoms with Crippen molar-refractivity contribution in [3.8, 4) is 10.4 Å². The van der Waals surface area contributed by atoms with Crippen LogP contribution in [0.1, 0.15) is 27.7 Å². The number of nitrogens with one attached hydrogen (secondary N) is 1. The molecule has 0 spiro atoms. The molecule has 3 N–H and O–H groups in total.